The lowest BCUT2D eigenvalue weighted by Crippen LogP contribution is -2.23. The summed E-state index contributed by atoms with van der Waals surface area (Å²) in [7, 11) is 0. The molecule has 0 saturated heterocycles. The zero-order valence-electron chi connectivity index (χ0n) is 21.2. The highest BCUT2D eigenvalue weighted by molar-refractivity contribution is 5.38. The highest BCUT2D eigenvalue weighted by Gasteiger charge is 2.27. The van der Waals surface area contributed by atoms with E-state index in [0.717, 1.165) is 23.0 Å². The molecule has 33 heavy (non-hydrogen) atoms. The maximum atomic E-state index is 5.04. The van der Waals surface area contributed by atoms with E-state index in [-0.39, 0.29) is 16.2 Å². The highest BCUT2D eigenvalue weighted by atomic mass is 15.1. The Kier molecular flexibility index (Phi) is 5.60. The number of rotatable bonds is 4. The highest BCUT2D eigenvalue weighted by Crippen LogP contribution is 2.31. The number of nitrogens with zero attached hydrogens (tertiary/aromatic N) is 4. The van der Waals surface area contributed by atoms with Crippen LogP contribution in [0.1, 0.15) is 77.9 Å². The minimum Gasteiger partial charge on any atom is -0.308 e. The SMILES string of the molecule is CC(C)(C)c1ccn(-c2cccc(C(C)(C)c3cccc(-n4ccc(C(C)(C)C)c4)n3)n2)c1. The zero-order chi connectivity index (χ0) is 24.0. The van der Waals surface area contributed by atoms with Crippen LogP contribution in [-0.4, -0.2) is 19.1 Å². The second-order valence-corrected chi connectivity index (χ2v) is 11.5. The summed E-state index contributed by atoms with van der Waals surface area (Å²) in [6, 6.07) is 16.8. The normalized spacial score (nSPS) is 12.8. The maximum Gasteiger partial charge on any atom is 0.136 e. The van der Waals surface area contributed by atoms with E-state index in [4.69, 9.17) is 9.97 Å². The van der Waals surface area contributed by atoms with Crippen molar-refractivity contribution in [3.05, 3.63) is 95.8 Å². The van der Waals surface area contributed by atoms with Gasteiger partial charge >= 0.3 is 0 Å². The molecule has 4 nitrogen and oxygen atoms in total. The number of pyridine rings is 2. The van der Waals surface area contributed by atoms with Crippen LogP contribution < -0.4 is 0 Å². The molecule has 0 fully saturated rings. The quantitative estimate of drug-likeness (QED) is 0.343. The molecular formula is C29H36N4. The summed E-state index contributed by atoms with van der Waals surface area (Å²) in [4.78, 5) is 10.1. The van der Waals surface area contributed by atoms with Crippen LogP contribution in [0.5, 0.6) is 0 Å². The van der Waals surface area contributed by atoms with Crippen molar-refractivity contribution in [2.45, 2.75) is 71.6 Å². The monoisotopic (exact) mass is 440 g/mol. The first-order valence-corrected chi connectivity index (χ1v) is 11.7. The van der Waals surface area contributed by atoms with Gasteiger partial charge in [-0.3, -0.25) is 0 Å². The predicted octanol–water partition coefficient (Wildman–Crippen LogP) is 6.98. The van der Waals surface area contributed by atoms with Crippen LogP contribution in [0.4, 0.5) is 0 Å². The lowest BCUT2D eigenvalue weighted by atomic mass is 9.84. The van der Waals surface area contributed by atoms with E-state index < -0.39 is 0 Å². The Morgan fingerprint density at radius 2 is 0.939 bits per heavy atom. The Balaban J connectivity index is 1.68. The number of hydrogen-bond acceptors (Lipinski definition) is 2. The summed E-state index contributed by atoms with van der Waals surface area (Å²) in [5.74, 6) is 1.85. The standard InChI is InChI=1S/C29H36N4/c1-27(2,3)21-15-17-32(19-21)25-13-9-11-23(30-25)29(7,8)24-12-10-14-26(31-24)33-18-16-22(20-33)28(4,5)6/h9-20H,1-8H3. The molecule has 4 rings (SSSR count). The molecule has 0 spiro atoms. The Labute approximate surface area is 198 Å². The molecule has 4 aromatic heterocycles. The summed E-state index contributed by atoms with van der Waals surface area (Å²) in [6.07, 6.45) is 8.54. The van der Waals surface area contributed by atoms with Gasteiger partial charge < -0.3 is 9.13 Å². The molecular weight excluding hydrogens is 404 g/mol. The second-order valence-electron chi connectivity index (χ2n) is 11.5. The summed E-state index contributed by atoms with van der Waals surface area (Å²) in [6.45, 7) is 17.8. The first-order valence-electron chi connectivity index (χ1n) is 11.7. The van der Waals surface area contributed by atoms with Gasteiger partial charge in [0.2, 0.25) is 0 Å². The van der Waals surface area contributed by atoms with Gasteiger partial charge in [0.05, 0.1) is 11.4 Å². The number of aromatic nitrogens is 4. The molecule has 0 amide bonds. The van der Waals surface area contributed by atoms with E-state index in [1.54, 1.807) is 0 Å². The van der Waals surface area contributed by atoms with Crippen LogP contribution in [0.15, 0.2) is 73.3 Å². The fourth-order valence-electron chi connectivity index (χ4n) is 3.93. The van der Waals surface area contributed by atoms with Crippen molar-refractivity contribution in [2.75, 3.05) is 0 Å². The molecule has 4 heterocycles. The molecule has 0 aliphatic rings. The summed E-state index contributed by atoms with van der Waals surface area (Å²) in [5.41, 5.74) is 4.47. The van der Waals surface area contributed by atoms with E-state index >= 15 is 0 Å². The lowest BCUT2D eigenvalue weighted by molar-refractivity contribution is 0.586. The van der Waals surface area contributed by atoms with Crippen molar-refractivity contribution < 1.29 is 0 Å². The van der Waals surface area contributed by atoms with Crippen molar-refractivity contribution >= 4 is 0 Å². The molecule has 0 aliphatic heterocycles. The zero-order valence-corrected chi connectivity index (χ0v) is 21.2. The fraction of sp³-hybridized carbons (Fsp3) is 0.379. The van der Waals surface area contributed by atoms with Crippen molar-refractivity contribution in [3.63, 3.8) is 0 Å². The molecule has 0 unspecified atom stereocenters. The van der Waals surface area contributed by atoms with Crippen LogP contribution in [0, 0.1) is 0 Å². The molecule has 0 bridgehead atoms. The van der Waals surface area contributed by atoms with Crippen LogP contribution in [0.2, 0.25) is 0 Å². The molecule has 4 heteroatoms. The van der Waals surface area contributed by atoms with Gasteiger partial charge in [0.15, 0.2) is 0 Å². The molecule has 0 radical (unpaired) electrons. The van der Waals surface area contributed by atoms with Crippen molar-refractivity contribution in [2.24, 2.45) is 0 Å². The van der Waals surface area contributed by atoms with Crippen LogP contribution in [0.25, 0.3) is 11.6 Å². The summed E-state index contributed by atoms with van der Waals surface area (Å²) < 4.78 is 4.22. The predicted molar refractivity (Wildman–Crippen MR) is 137 cm³/mol. The van der Waals surface area contributed by atoms with E-state index in [0.29, 0.717) is 0 Å². The van der Waals surface area contributed by atoms with Gasteiger partial charge in [0.1, 0.15) is 11.6 Å². The molecule has 0 atom stereocenters. The first kappa shape index (κ1) is 23.0. The second kappa shape index (κ2) is 8.02. The molecule has 0 aromatic carbocycles. The number of hydrogen-bond donors (Lipinski definition) is 0. The van der Waals surface area contributed by atoms with Gasteiger partial charge in [-0.15, -0.1) is 0 Å². The van der Waals surface area contributed by atoms with Gasteiger partial charge in [-0.05, 0) is 72.2 Å². The van der Waals surface area contributed by atoms with E-state index in [2.05, 4.69) is 138 Å². The Bertz CT molecular complexity index is 1160. The minimum atomic E-state index is -0.341. The Morgan fingerprint density at radius 3 is 1.27 bits per heavy atom. The first-order chi connectivity index (χ1) is 15.4. The van der Waals surface area contributed by atoms with Gasteiger partial charge in [0.25, 0.3) is 0 Å². The molecule has 0 N–H and O–H groups in total. The maximum absolute atomic E-state index is 5.04. The topological polar surface area (TPSA) is 35.6 Å². The van der Waals surface area contributed by atoms with Gasteiger partial charge in [-0.25, -0.2) is 9.97 Å². The summed E-state index contributed by atoms with van der Waals surface area (Å²) in [5, 5.41) is 0. The van der Waals surface area contributed by atoms with E-state index in [1.165, 1.54) is 11.1 Å². The Hall–Kier alpha value is -3.14. The van der Waals surface area contributed by atoms with E-state index in [1.807, 2.05) is 0 Å². The van der Waals surface area contributed by atoms with Gasteiger partial charge in [-0.2, -0.15) is 0 Å². The fourth-order valence-corrected chi connectivity index (χ4v) is 3.93. The van der Waals surface area contributed by atoms with Crippen LogP contribution in [0.3, 0.4) is 0 Å². The third kappa shape index (κ3) is 4.66. The molecule has 0 aliphatic carbocycles. The smallest absolute Gasteiger partial charge is 0.136 e. The summed E-state index contributed by atoms with van der Waals surface area (Å²) >= 11 is 0. The lowest BCUT2D eigenvalue weighted by Gasteiger charge is -2.25. The Morgan fingerprint density at radius 1 is 0.545 bits per heavy atom. The van der Waals surface area contributed by atoms with Crippen molar-refractivity contribution in [3.8, 4) is 11.6 Å². The van der Waals surface area contributed by atoms with Crippen molar-refractivity contribution in [1.29, 1.82) is 0 Å². The van der Waals surface area contributed by atoms with E-state index in [9.17, 15) is 0 Å². The molecule has 4 aromatic rings. The third-order valence-corrected chi connectivity index (χ3v) is 6.40. The molecule has 0 saturated carbocycles. The average molecular weight is 441 g/mol. The van der Waals surface area contributed by atoms with Crippen molar-refractivity contribution in [1.82, 2.24) is 19.1 Å². The minimum absolute atomic E-state index is 0.109. The average Bonchev–Trinajstić information content (AvgIpc) is 3.44. The van der Waals surface area contributed by atoms with Gasteiger partial charge in [-0.1, -0.05) is 53.7 Å². The largest absolute Gasteiger partial charge is 0.308 e. The van der Waals surface area contributed by atoms with Gasteiger partial charge in [0, 0.05) is 30.2 Å². The third-order valence-electron chi connectivity index (χ3n) is 6.40. The molecule has 172 valence electrons. The van der Waals surface area contributed by atoms with Crippen LogP contribution >= 0.6 is 0 Å². The van der Waals surface area contributed by atoms with Crippen LogP contribution in [-0.2, 0) is 16.2 Å².